The molecule has 1 saturated heterocycles. The third kappa shape index (κ3) is 6.27. The van der Waals surface area contributed by atoms with Crippen LogP contribution in [0.15, 0.2) is 24.3 Å². The summed E-state index contributed by atoms with van der Waals surface area (Å²) in [5.74, 6) is -0.375. The van der Waals surface area contributed by atoms with Crippen molar-refractivity contribution in [1.82, 2.24) is 15.5 Å². The van der Waals surface area contributed by atoms with E-state index in [-0.39, 0.29) is 17.7 Å². The van der Waals surface area contributed by atoms with Gasteiger partial charge in [0.15, 0.2) is 0 Å². The first-order valence-corrected chi connectivity index (χ1v) is 9.53. The summed E-state index contributed by atoms with van der Waals surface area (Å²) in [7, 11) is 0. The van der Waals surface area contributed by atoms with Crippen LogP contribution in [0.4, 0.5) is 0 Å². The number of benzene rings is 1. The maximum absolute atomic E-state index is 12.6. The van der Waals surface area contributed by atoms with Gasteiger partial charge in [-0.2, -0.15) is 0 Å². The number of amides is 2. The van der Waals surface area contributed by atoms with Crippen LogP contribution in [0.5, 0.6) is 0 Å². The van der Waals surface area contributed by atoms with Gasteiger partial charge in [-0.15, -0.1) is 0 Å². The molecule has 2 amide bonds. The molecule has 0 bridgehead atoms. The molecular formula is C19H28ClN3O3. The molecule has 1 aromatic rings. The summed E-state index contributed by atoms with van der Waals surface area (Å²) < 4.78 is 5.32. The molecule has 1 aliphatic heterocycles. The Hall–Kier alpha value is -1.63. The van der Waals surface area contributed by atoms with Gasteiger partial charge in [0, 0.05) is 36.8 Å². The fourth-order valence-electron chi connectivity index (χ4n) is 2.80. The first-order chi connectivity index (χ1) is 12.5. The molecule has 2 unspecified atom stereocenters. The topological polar surface area (TPSA) is 70.7 Å². The minimum absolute atomic E-state index is 0.0367. The highest BCUT2D eigenvalue weighted by molar-refractivity contribution is 6.30. The second-order valence-electron chi connectivity index (χ2n) is 6.59. The highest BCUT2D eigenvalue weighted by Crippen LogP contribution is 2.12. The molecule has 0 radical (unpaired) electrons. The Kier molecular flexibility index (Phi) is 8.35. The molecule has 6 nitrogen and oxygen atoms in total. The average Bonchev–Trinajstić information content (AvgIpc) is 2.66. The van der Waals surface area contributed by atoms with Crippen molar-refractivity contribution in [3.63, 3.8) is 0 Å². The monoisotopic (exact) mass is 381 g/mol. The molecule has 2 rings (SSSR count). The number of carbonyl (C=O) groups excluding carboxylic acids is 2. The Morgan fingerprint density at radius 3 is 2.50 bits per heavy atom. The molecule has 144 valence electrons. The Labute approximate surface area is 160 Å². The standard InChI is InChI=1S/C19H28ClN3O3/c1-3-14(2)17(22-18(24)15-4-6-16(20)7-5-15)19(25)21-8-9-23-10-12-26-13-11-23/h4-7,14,17H,3,8-13H2,1-2H3,(H,21,25)(H,22,24). The molecule has 1 aromatic carbocycles. The predicted molar refractivity (Wildman–Crippen MR) is 102 cm³/mol. The lowest BCUT2D eigenvalue weighted by atomic mass is 9.98. The maximum Gasteiger partial charge on any atom is 0.251 e. The summed E-state index contributed by atoms with van der Waals surface area (Å²) in [6, 6.07) is 6.07. The highest BCUT2D eigenvalue weighted by Gasteiger charge is 2.26. The summed E-state index contributed by atoms with van der Waals surface area (Å²) in [6.45, 7) is 8.56. The van der Waals surface area contributed by atoms with E-state index in [0.29, 0.717) is 17.1 Å². The first-order valence-electron chi connectivity index (χ1n) is 9.15. The second kappa shape index (κ2) is 10.5. The van der Waals surface area contributed by atoms with Crippen molar-refractivity contribution in [2.24, 2.45) is 5.92 Å². The average molecular weight is 382 g/mol. The Balaban J connectivity index is 1.89. The SMILES string of the molecule is CCC(C)C(NC(=O)c1ccc(Cl)cc1)C(=O)NCCN1CCOCC1. The van der Waals surface area contributed by atoms with Crippen molar-refractivity contribution in [3.05, 3.63) is 34.9 Å². The van der Waals surface area contributed by atoms with Crippen LogP contribution in [-0.2, 0) is 9.53 Å². The van der Waals surface area contributed by atoms with Crippen LogP contribution in [0, 0.1) is 5.92 Å². The molecule has 26 heavy (non-hydrogen) atoms. The highest BCUT2D eigenvalue weighted by atomic mass is 35.5. The third-order valence-corrected chi connectivity index (χ3v) is 4.97. The van der Waals surface area contributed by atoms with Crippen LogP contribution < -0.4 is 10.6 Å². The largest absolute Gasteiger partial charge is 0.379 e. The zero-order chi connectivity index (χ0) is 18.9. The Morgan fingerprint density at radius 2 is 1.88 bits per heavy atom. The van der Waals surface area contributed by atoms with E-state index < -0.39 is 6.04 Å². The van der Waals surface area contributed by atoms with Crippen molar-refractivity contribution in [2.75, 3.05) is 39.4 Å². The predicted octanol–water partition coefficient (Wildman–Crippen LogP) is 1.93. The van der Waals surface area contributed by atoms with Crippen LogP contribution in [0.25, 0.3) is 0 Å². The van der Waals surface area contributed by atoms with Gasteiger partial charge in [0.2, 0.25) is 5.91 Å². The number of hydrogen-bond acceptors (Lipinski definition) is 4. The van der Waals surface area contributed by atoms with E-state index in [2.05, 4.69) is 15.5 Å². The number of nitrogens with one attached hydrogen (secondary N) is 2. The lowest BCUT2D eigenvalue weighted by Crippen LogP contribution is -2.51. The van der Waals surface area contributed by atoms with Crippen LogP contribution in [0.3, 0.4) is 0 Å². The zero-order valence-corrected chi connectivity index (χ0v) is 16.2. The summed E-state index contributed by atoms with van der Waals surface area (Å²) in [4.78, 5) is 27.3. The minimum atomic E-state index is -0.562. The van der Waals surface area contributed by atoms with Crippen molar-refractivity contribution >= 4 is 23.4 Å². The minimum Gasteiger partial charge on any atom is -0.379 e. The third-order valence-electron chi connectivity index (χ3n) is 4.72. The van der Waals surface area contributed by atoms with Gasteiger partial charge in [-0.3, -0.25) is 14.5 Å². The van der Waals surface area contributed by atoms with E-state index in [0.717, 1.165) is 39.3 Å². The Morgan fingerprint density at radius 1 is 1.23 bits per heavy atom. The van der Waals surface area contributed by atoms with Crippen LogP contribution in [-0.4, -0.2) is 62.1 Å². The smallest absolute Gasteiger partial charge is 0.251 e. The van der Waals surface area contributed by atoms with Gasteiger partial charge in [-0.25, -0.2) is 0 Å². The number of rotatable bonds is 8. The summed E-state index contributed by atoms with van der Waals surface area (Å²) in [5, 5.41) is 6.39. The van der Waals surface area contributed by atoms with E-state index >= 15 is 0 Å². The fourth-order valence-corrected chi connectivity index (χ4v) is 2.93. The van der Waals surface area contributed by atoms with E-state index in [4.69, 9.17) is 16.3 Å². The summed E-state index contributed by atoms with van der Waals surface area (Å²) >= 11 is 5.86. The van der Waals surface area contributed by atoms with Gasteiger partial charge in [0.25, 0.3) is 5.91 Å². The molecular weight excluding hydrogens is 354 g/mol. The number of nitrogens with zero attached hydrogens (tertiary/aromatic N) is 1. The molecule has 0 aliphatic carbocycles. The fraction of sp³-hybridized carbons (Fsp3) is 0.579. The molecule has 1 fully saturated rings. The van der Waals surface area contributed by atoms with E-state index in [1.165, 1.54) is 0 Å². The van der Waals surface area contributed by atoms with Crippen molar-refractivity contribution in [3.8, 4) is 0 Å². The molecule has 0 saturated carbocycles. The van der Waals surface area contributed by atoms with E-state index in [9.17, 15) is 9.59 Å². The summed E-state index contributed by atoms with van der Waals surface area (Å²) in [5.41, 5.74) is 0.490. The summed E-state index contributed by atoms with van der Waals surface area (Å²) in [6.07, 6.45) is 0.794. The van der Waals surface area contributed by atoms with Crippen molar-refractivity contribution in [1.29, 1.82) is 0 Å². The molecule has 1 heterocycles. The number of morpholine rings is 1. The number of hydrogen-bond donors (Lipinski definition) is 2. The number of ether oxygens (including phenoxy) is 1. The molecule has 2 atom stereocenters. The lowest BCUT2D eigenvalue weighted by Gasteiger charge is -2.27. The van der Waals surface area contributed by atoms with Gasteiger partial charge >= 0.3 is 0 Å². The molecule has 1 aliphatic rings. The number of carbonyl (C=O) groups is 2. The van der Waals surface area contributed by atoms with Gasteiger partial charge in [0.05, 0.1) is 13.2 Å². The van der Waals surface area contributed by atoms with Crippen LogP contribution >= 0.6 is 11.6 Å². The molecule has 7 heteroatoms. The van der Waals surface area contributed by atoms with Gasteiger partial charge in [-0.05, 0) is 30.2 Å². The van der Waals surface area contributed by atoms with Gasteiger partial charge in [-0.1, -0.05) is 31.9 Å². The van der Waals surface area contributed by atoms with E-state index in [1.54, 1.807) is 24.3 Å². The lowest BCUT2D eigenvalue weighted by molar-refractivity contribution is -0.124. The number of halogens is 1. The normalized spacial score (nSPS) is 17.3. The van der Waals surface area contributed by atoms with Crippen molar-refractivity contribution < 1.29 is 14.3 Å². The Bertz CT molecular complexity index is 588. The first kappa shape index (κ1) is 20.7. The van der Waals surface area contributed by atoms with E-state index in [1.807, 2.05) is 13.8 Å². The quantitative estimate of drug-likeness (QED) is 0.721. The van der Waals surface area contributed by atoms with Crippen LogP contribution in [0.2, 0.25) is 5.02 Å². The second-order valence-corrected chi connectivity index (χ2v) is 7.03. The molecule has 0 aromatic heterocycles. The maximum atomic E-state index is 12.6. The molecule has 0 spiro atoms. The van der Waals surface area contributed by atoms with Crippen LogP contribution in [0.1, 0.15) is 30.6 Å². The van der Waals surface area contributed by atoms with Crippen molar-refractivity contribution in [2.45, 2.75) is 26.3 Å². The van der Waals surface area contributed by atoms with Gasteiger partial charge < -0.3 is 15.4 Å². The molecule has 2 N–H and O–H groups in total. The van der Waals surface area contributed by atoms with Gasteiger partial charge in [0.1, 0.15) is 6.04 Å². The zero-order valence-electron chi connectivity index (χ0n) is 15.5.